The van der Waals surface area contributed by atoms with Crippen LogP contribution in [0.5, 0.6) is 11.5 Å². The normalized spacial score (nSPS) is 12.2. The Labute approximate surface area is 108 Å². The molecule has 3 nitrogen and oxygen atoms in total. The van der Waals surface area contributed by atoms with Crippen molar-refractivity contribution in [2.45, 2.75) is 12.5 Å². The Morgan fingerprint density at radius 3 is 2.18 bits per heavy atom. The highest BCUT2D eigenvalue weighted by atomic mass is 32.2. The lowest BCUT2D eigenvalue weighted by Gasteiger charge is -2.18. The molecule has 0 amide bonds. The van der Waals surface area contributed by atoms with Gasteiger partial charge in [0.05, 0.1) is 14.2 Å². The van der Waals surface area contributed by atoms with Crippen molar-refractivity contribution in [3.05, 3.63) is 23.8 Å². The molecule has 0 bridgehead atoms. The van der Waals surface area contributed by atoms with Gasteiger partial charge in [0.1, 0.15) is 11.5 Å². The van der Waals surface area contributed by atoms with Gasteiger partial charge in [-0.15, -0.1) is 0 Å². The van der Waals surface area contributed by atoms with Gasteiger partial charge in [-0.3, -0.25) is 0 Å². The summed E-state index contributed by atoms with van der Waals surface area (Å²) in [6.45, 7) is 0. The van der Waals surface area contributed by atoms with Crippen LogP contribution >= 0.6 is 11.8 Å². The zero-order chi connectivity index (χ0) is 12.7. The number of hydrogen-bond donors (Lipinski definition) is 1. The van der Waals surface area contributed by atoms with Crippen LogP contribution in [0.1, 0.15) is 18.0 Å². The van der Waals surface area contributed by atoms with E-state index in [9.17, 15) is 0 Å². The molecule has 1 N–H and O–H groups in total. The molecule has 0 fully saturated rings. The molecular weight excluding hydrogens is 234 g/mol. The van der Waals surface area contributed by atoms with Gasteiger partial charge in [0, 0.05) is 12.1 Å². The first-order valence-electron chi connectivity index (χ1n) is 5.64. The number of ether oxygens (including phenoxy) is 2. The maximum Gasteiger partial charge on any atom is 0.122 e. The van der Waals surface area contributed by atoms with E-state index in [1.54, 1.807) is 14.2 Å². The summed E-state index contributed by atoms with van der Waals surface area (Å²) in [5, 5.41) is 3.33. The van der Waals surface area contributed by atoms with E-state index >= 15 is 0 Å². The number of benzene rings is 1. The second-order valence-corrected chi connectivity index (χ2v) is 4.75. The van der Waals surface area contributed by atoms with Crippen LogP contribution in [0.4, 0.5) is 0 Å². The molecular formula is C13H21NO2S. The third-order valence-corrected chi connectivity index (χ3v) is 3.38. The zero-order valence-corrected chi connectivity index (χ0v) is 11.8. The predicted octanol–water partition coefficient (Wildman–Crippen LogP) is 2.72. The van der Waals surface area contributed by atoms with E-state index in [0.29, 0.717) is 6.04 Å². The summed E-state index contributed by atoms with van der Waals surface area (Å²) in [4.78, 5) is 0. The molecule has 17 heavy (non-hydrogen) atoms. The topological polar surface area (TPSA) is 30.5 Å². The molecule has 1 aromatic carbocycles. The zero-order valence-electron chi connectivity index (χ0n) is 10.9. The first-order chi connectivity index (χ1) is 8.24. The summed E-state index contributed by atoms with van der Waals surface area (Å²) >= 11 is 1.86. The van der Waals surface area contributed by atoms with Crippen molar-refractivity contribution in [2.75, 3.05) is 33.3 Å². The molecule has 0 aromatic heterocycles. The van der Waals surface area contributed by atoms with Crippen molar-refractivity contribution in [2.24, 2.45) is 0 Å². The van der Waals surface area contributed by atoms with Gasteiger partial charge in [0.2, 0.25) is 0 Å². The second-order valence-electron chi connectivity index (χ2n) is 3.77. The van der Waals surface area contributed by atoms with Gasteiger partial charge in [-0.05, 0) is 43.2 Å². The van der Waals surface area contributed by atoms with Crippen LogP contribution in [0, 0.1) is 0 Å². The summed E-state index contributed by atoms with van der Waals surface area (Å²) in [6.07, 6.45) is 3.22. The van der Waals surface area contributed by atoms with Crippen LogP contribution in [-0.2, 0) is 0 Å². The van der Waals surface area contributed by atoms with E-state index in [4.69, 9.17) is 9.47 Å². The van der Waals surface area contributed by atoms with Crippen LogP contribution in [0.25, 0.3) is 0 Å². The Kier molecular flexibility index (Phi) is 6.22. The molecule has 1 aromatic rings. The molecule has 0 radical (unpaired) electrons. The standard InChI is InChI=1S/C13H21NO2S/c1-14-13(5-6-17-4)10-7-11(15-2)9-12(8-10)16-3/h7-9,13-14H,5-6H2,1-4H3. The fourth-order valence-electron chi connectivity index (χ4n) is 1.74. The van der Waals surface area contributed by atoms with Crippen LogP contribution < -0.4 is 14.8 Å². The Morgan fingerprint density at radius 2 is 1.76 bits per heavy atom. The molecule has 1 unspecified atom stereocenters. The van der Waals surface area contributed by atoms with Crippen LogP contribution in [-0.4, -0.2) is 33.3 Å². The van der Waals surface area contributed by atoms with Crippen molar-refractivity contribution in [3.8, 4) is 11.5 Å². The first-order valence-corrected chi connectivity index (χ1v) is 7.03. The molecule has 1 rings (SSSR count). The van der Waals surface area contributed by atoms with Crippen molar-refractivity contribution < 1.29 is 9.47 Å². The highest BCUT2D eigenvalue weighted by Gasteiger charge is 2.11. The van der Waals surface area contributed by atoms with Gasteiger partial charge < -0.3 is 14.8 Å². The summed E-state index contributed by atoms with van der Waals surface area (Å²) < 4.78 is 10.6. The van der Waals surface area contributed by atoms with Gasteiger partial charge in [0.15, 0.2) is 0 Å². The predicted molar refractivity (Wildman–Crippen MR) is 74.3 cm³/mol. The van der Waals surface area contributed by atoms with Gasteiger partial charge in [0.25, 0.3) is 0 Å². The minimum Gasteiger partial charge on any atom is -0.497 e. The molecule has 1 atom stereocenters. The number of hydrogen-bond acceptors (Lipinski definition) is 4. The number of methoxy groups -OCH3 is 2. The molecule has 0 spiro atoms. The summed E-state index contributed by atoms with van der Waals surface area (Å²) in [5.74, 6) is 2.80. The number of thioether (sulfide) groups is 1. The molecule has 4 heteroatoms. The highest BCUT2D eigenvalue weighted by molar-refractivity contribution is 7.98. The maximum absolute atomic E-state index is 5.28. The van der Waals surface area contributed by atoms with Gasteiger partial charge in [-0.2, -0.15) is 11.8 Å². The fourth-order valence-corrected chi connectivity index (χ4v) is 2.22. The Hall–Kier alpha value is -0.870. The van der Waals surface area contributed by atoms with Crippen molar-refractivity contribution >= 4 is 11.8 Å². The smallest absolute Gasteiger partial charge is 0.122 e. The lowest BCUT2D eigenvalue weighted by molar-refractivity contribution is 0.391. The average Bonchev–Trinajstić information content (AvgIpc) is 2.39. The lowest BCUT2D eigenvalue weighted by Crippen LogP contribution is -2.17. The van der Waals surface area contributed by atoms with Crippen molar-refractivity contribution in [1.82, 2.24) is 5.32 Å². The first kappa shape index (κ1) is 14.2. The minimum atomic E-state index is 0.339. The van der Waals surface area contributed by atoms with E-state index in [1.165, 1.54) is 5.56 Å². The largest absolute Gasteiger partial charge is 0.497 e. The second kappa shape index (κ2) is 7.45. The summed E-state index contributed by atoms with van der Waals surface area (Å²) in [6, 6.07) is 6.35. The SMILES string of the molecule is CNC(CCSC)c1cc(OC)cc(OC)c1. The summed E-state index contributed by atoms with van der Waals surface area (Å²) in [5.41, 5.74) is 1.21. The third kappa shape index (κ3) is 4.13. The van der Waals surface area contributed by atoms with E-state index in [0.717, 1.165) is 23.7 Å². The van der Waals surface area contributed by atoms with Crippen LogP contribution in [0.15, 0.2) is 18.2 Å². The molecule has 96 valence electrons. The third-order valence-electron chi connectivity index (χ3n) is 2.74. The minimum absolute atomic E-state index is 0.339. The van der Waals surface area contributed by atoms with E-state index in [2.05, 4.69) is 23.7 Å². The van der Waals surface area contributed by atoms with Gasteiger partial charge in [-0.1, -0.05) is 0 Å². The quantitative estimate of drug-likeness (QED) is 0.811. The summed E-state index contributed by atoms with van der Waals surface area (Å²) in [7, 11) is 5.33. The Morgan fingerprint density at radius 1 is 1.18 bits per heavy atom. The maximum atomic E-state index is 5.28. The Balaban J connectivity index is 2.92. The monoisotopic (exact) mass is 255 g/mol. The highest BCUT2D eigenvalue weighted by Crippen LogP contribution is 2.28. The average molecular weight is 255 g/mol. The van der Waals surface area contributed by atoms with E-state index in [1.807, 2.05) is 24.9 Å². The number of rotatable bonds is 7. The lowest BCUT2D eigenvalue weighted by atomic mass is 10.0. The Bertz CT molecular complexity index is 322. The molecule has 0 aliphatic heterocycles. The van der Waals surface area contributed by atoms with E-state index in [-0.39, 0.29) is 0 Å². The number of nitrogens with one attached hydrogen (secondary N) is 1. The van der Waals surface area contributed by atoms with Gasteiger partial charge in [-0.25, -0.2) is 0 Å². The molecule has 0 heterocycles. The van der Waals surface area contributed by atoms with E-state index < -0.39 is 0 Å². The molecule has 0 saturated carbocycles. The van der Waals surface area contributed by atoms with Crippen molar-refractivity contribution in [1.29, 1.82) is 0 Å². The van der Waals surface area contributed by atoms with Gasteiger partial charge >= 0.3 is 0 Å². The van der Waals surface area contributed by atoms with Crippen LogP contribution in [0.3, 0.4) is 0 Å². The molecule has 0 aliphatic carbocycles. The van der Waals surface area contributed by atoms with Crippen LogP contribution in [0.2, 0.25) is 0 Å². The molecule has 0 aliphatic rings. The van der Waals surface area contributed by atoms with Crippen molar-refractivity contribution in [3.63, 3.8) is 0 Å². The fraction of sp³-hybridized carbons (Fsp3) is 0.538. The molecule has 0 saturated heterocycles.